The van der Waals surface area contributed by atoms with E-state index < -0.39 is 12.0 Å². The van der Waals surface area contributed by atoms with Gasteiger partial charge in [-0.3, -0.25) is 9.48 Å². The van der Waals surface area contributed by atoms with E-state index in [1.807, 2.05) is 20.9 Å². The van der Waals surface area contributed by atoms with Crippen LogP contribution in [-0.2, 0) is 23.1 Å². The number of hydrogen-bond acceptors (Lipinski definition) is 4. The molecular formula is C13H21N3O4. The zero-order valence-electron chi connectivity index (χ0n) is 12.0. The van der Waals surface area contributed by atoms with Crippen molar-refractivity contribution < 1.29 is 19.8 Å². The van der Waals surface area contributed by atoms with Crippen molar-refractivity contribution in [2.24, 2.45) is 7.05 Å². The number of carboxylic acid groups (broad SMARTS) is 1. The van der Waals surface area contributed by atoms with Gasteiger partial charge in [0.2, 0.25) is 5.91 Å². The summed E-state index contributed by atoms with van der Waals surface area (Å²) >= 11 is 0. The van der Waals surface area contributed by atoms with Crippen LogP contribution < -0.4 is 5.32 Å². The molecule has 0 aliphatic rings. The van der Waals surface area contributed by atoms with E-state index >= 15 is 0 Å². The first kappa shape index (κ1) is 16.2. The largest absolute Gasteiger partial charge is 0.480 e. The number of nitrogens with one attached hydrogen (secondary N) is 1. The fourth-order valence-corrected chi connectivity index (χ4v) is 2.07. The third kappa shape index (κ3) is 4.06. The molecule has 1 aromatic rings. The standard InChI is InChI=1S/C13H21N3O4/c1-8-10(9(2)16(3)15-8)4-5-12(18)14-11(6-7-17)13(19)20/h11,17H,4-7H2,1-3H3,(H,14,18)(H,19,20)/t11-/m0/s1. The van der Waals surface area contributed by atoms with Crippen molar-refractivity contribution in [2.45, 2.75) is 39.2 Å². The van der Waals surface area contributed by atoms with E-state index in [4.69, 9.17) is 10.2 Å². The second kappa shape index (κ2) is 7.04. The highest BCUT2D eigenvalue weighted by Gasteiger charge is 2.19. The van der Waals surface area contributed by atoms with Gasteiger partial charge in [0.15, 0.2) is 0 Å². The highest BCUT2D eigenvalue weighted by Crippen LogP contribution is 2.14. The second-order valence-corrected chi connectivity index (χ2v) is 4.74. The Labute approximate surface area is 117 Å². The maximum Gasteiger partial charge on any atom is 0.326 e. The minimum absolute atomic E-state index is 0.00597. The zero-order chi connectivity index (χ0) is 15.3. The SMILES string of the molecule is Cc1nn(C)c(C)c1CCC(=O)N[C@@H](CCO)C(=O)O. The van der Waals surface area contributed by atoms with E-state index in [0.717, 1.165) is 17.0 Å². The number of hydrogen-bond donors (Lipinski definition) is 3. The van der Waals surface area contributed by atoms with Crippen LogP contribution in [-0.4, -0.2) is 44.5 Å². The fourth-order valence-electron chi connectivity index (χ4n) is 2.07. The molecule has 1 heterocycles. The summed E-state index contributed by atoms with van der Waals surface area (Å²) < 4.78 is 1.76. The molecule has 0 fully saturated rings. The Hall–Kier alpha value is -1.89. The monoisotopic (exact) mass is 283 g/mol. The number of carbonyl (C=O) groups is 2. The first-order valence-electron chi connectivity index (χ1n) is 6.49. The van der Waals surface area contributed by atoms with Crippen molar-refractivity contribution in [2.75, 3.05) is 6.61 Å². The quantitative estimate of drug-likeness (QED) is 0.649. The summed E-state index contributed by atoms with van der Waals surface area (Å²) in [7, 11) is 1.84. The van der Waals surface area contributed by atoms with E-state index in [1.165, 1.54) is 0 Å². The van der Waals surface area contributed by atoms with Crippen molar-refractivity contribution in [3.63, 3.8) is 0 Å². The summed E-state index contributed by atoms with van der Waals surface area (Å²) in [5.74, 6) is -1.48. The average molecular weight is 283 g/mol. The van der Waals surface area contributed by atoms with E-state index in [2.05, 4.69) is 10.4 Å². The van der Waals surface area contributed by atoms with E-state index in [9.17, 15) is 9.59 Å². The highest BCUT2D eigenvalue weighted by atomic mass is 16.4. The Morgan fingerprint density at radius 1 is 1.40 bits per heavy atom. The molecular weight excluding hydrogens is 262 g/mol. The molecule has 0 aliphatic heterocycles. The van der Waals surface area contributed by atoms with Gasteiger partial charge in [-0.05, 0) is 25.8 Å². The molecule has 1 rings (SSSR count). The number of aryl methyl sites for hydroxylation is 2. The van der Waals surface area contributed by atoms with Gasteiger partial charge in [0, 0.05) is 32.2 Å². The van der Waals surface area contributed by atoms with Crippen LogP contribution in [0.15, 0.2) is 0 Å². The second-order valence-electron chi connectivity index (χ2n) is 4.74. The van der Waals surface area contributed by atoms with E-state index in [1.54, 1.807) is 4.68 Å². The lowest BCUT2D eigenvalue weighted by molar-refractivity contribution is -0.142. The predicted molar refractivity (Wildman–Crippen MR) is 72.3 cm³/mol. The van der Waals surface area contributed by atoms with Crippen LogP contribution in [0.1, 0.15) is 29.8 Å². The van der Waals surface area contributed by atoms with Gasteiger partial charge < -0.3 is 15.5 Å². The summed E-state index contributed by atoms with van der Waals surface area (Å²) in [6, 6.07) is -1.04. The lowest BCUT2D eigenvalue weighted by atomic mass is 10.1. The Morgan fingerprint density at radius 2 is 2.05 bits per heavy atom. The van der Waals surface area contributed by atoms with Crippen LogP contribution in [0.4, 0.5) is 0 Å². The maximum atomic E-state index is 11.8. The number of carboxylic acids is 1. The van der Waals surface area contributed by atoms with Crippen LogP contribution >= 0.6 is 0 Å². The van der Waals surface area contributed by atoms with Crippen LogP contribution in [0.5, 0.6) is 0 Å². The van der Waals surface area contributed by atoms with Crippen LogP contribution in [0.3, 0.4) is 0 Å². The molecule has 0 aromatic carbocycles. The molecule has 0 saturated heterocycles. The van der Waals surface area contributed by atoms with Gasteiger partial charge in [-0.25, -0.2) is 4.79 Å². The van der Waals surface area contributed by atoms with Crippen molar-refractivity contribution in [3.05, 3.63) is 17.0 Å². The Morgan fingerprint density at radius 3 is 2.50 bits per heavy atom. The van der Waals surface area contributed by atoms with Crippen molar-refractivity contribution in [1.29, 1.82) is 0 Å². The molecule has 1 atom stereocenters. The topological polar surface area (TPSA) is 104 Å². The summed E-state index contributed by atoms with van der Waals surface area (Å²) in [4.78, 5) is 22.6. The molecule has 20 heavy (non-hydrogen) atoms. The van der Waals surface area contributed by atoms with Crippen LogP contribution in [0.2, 0.25) is 0 Å². The number of aliphatic hydroxyl groups excluding tert-OH is 1. The molecule has 0 bridgehead atoms. The maximum absolute atomic E-state index is 11.8. The van der Waals surface area contributed by atoms with Crippen LogP contribution in [0, 0.1) is 13.8 Å². The predicted octanol–water partition coefficient (Wildman–Crippen LogP) is -0.0787. The minimum atomic E-state index is -1.14. The molecule has 7 heteroatoms. The van der Waals surface area contributed by atoms with E-state index in [-0.39, 0.29) is 25.4 Å². The lowest BCUT2D eigenvalue weighted by Gasteiger charge is -2.13. The fraction of sp³-hybridized carbons (Fsp3) is 0.615. The Balaban J connectivity index is 2.56. The number of carbonyl (C=O) groups excluding carboxylic acids is 1. The summed E-state index contributed by atoms with van der Waals surface area (Å²) in [5, 5.41) is 24.3. The molecule has 112 valence electrons. The molecule has 3 N–H and O–H groups in total. The first-order valence-corrected chi connectivity index (χ1v) is 6.49. The van der Waals surface area contributed by atoms with E-state index in [0.29, 0.717) is 6.42 Å². The van der Waals surface area contributed by atoms with Gasteiger partial charge in [-0.1, -0.05) is 0 Å². The van der Waals surface area contributed by atoms with Crippen LogP contribution in [0.25, 0.3) is 0 Å². The Bertz CT molecular complexity index is 496. The minimum Gasteiger partial charge on any atom is -0.480 e. The third-order valence-corrected chi connectivity index (χ3v) is 3.31. The molecule has 0 radical (unpaired) electrons. The summed E-state index contributed by atoms with van der Waals surface area (Å²) in [5.41, 5.74) is 2.89. The zero-order valence-corrected chi connectivity index (χ0v) is 12.0. The average Bonchev–Trinajstić information content (AvgIpc) is 2.60. The van der Waals surface area contributed by atoms with Crippen molar-refractivity contribution in [1.82, 2.24) is 15.1 Å². The molecule has 0 saturated carbocycles. The smallest absolute Gasteiger partial charge is 0.326 e. The summed E-state index contributed by atoms with van der Waals surface area (Å²) in [6.45, 7) is 3.53. The lowest BCUT2D eigenvalue weighted by Crippen LogP contribution is -2.41. The van der Waals surface area contributed by atoms with Crippen molar-refractivity contribution >= 4 is 11.9 Å². The molecule has 0 spiro atoms. The molecule has 1 aromatic heterocycles. The van der Waals surface area contributed by atoms with Gasteiger partial charge in [0.25, 0.3) is 0 Å². The number of amides is 1. The number of aromatic nitrogens is 2. The van der Waals surface area contributed by atoms with Crippen molar-refractivity contribution in [3.8, 4) is 0 Å². The van der Waals surface area contributed by atoms with Gasteiger partial charge >= 0.3 is 5.97 Å². The molecule has 1 amide bonds. The summed E-state index contributed by atoms with van der Waals surface area (Å²) in [6.07, 6.45) is 0.720. The van der Waals surface area contributed by atoms with Gasteiger partial charge in [0.1, 0.15) is 6.04 Å². The van der Waals surface area contributed by atoms with Gasteiger partial charge in [0.05, 0.1) is 5.69 Å². The number of aliphatic hydroxyl groups is 1. The Kier molecular flexibility index (Phi) is 5.69. The molecule has 0 unspecified atom stereocenters. The third-order valence-electron chi connectivity index (χ3n) is 3.31. The molecule has 7 nitrogen and oxygen atoms in total. The number of aliphatic carboxylic acids is 1. The number of nitrogens with zero attached hydrogens (tertiary/aromatic N) is 2. The normalized spacial score (nSPS) is 12.2. The number of rotatable bonds is 7. The van der Waals surface area contributed by atoms with Gasteiger partial charge in [-0.15, -0.1) is 0 Å². The molecule has 0 aliphatic carbocycles. The first-order chi connectivity index (χ1) is 9.36. The van der Waals surface area contributed by atoms with Gasteiger partial charge in [-0.2, -0.15) is 5.10 Å². The highest BCUT2D eigenvalue weighted by molar-refractivity contribution is 5.83.